The van der Waals surface area contributed by atoms with Gasteiger partial charge in [0.15, 0.2) is 0 Å². The maximum atomic E-state index is 11.9. The second-order valence-corrected chi connectivity index (χ2v) is 7.80. The third-order valence-electron chi connectivity index (χ3n) is 5.07. The van der Waals surface area contributed by atoms with Gasteiger partial charge in [-0.1, -0.05) is 71.1 Å². The Hall–Kier alpha value is -2.38. The Kier molecular flexibility index (Phi) is 14.0. The van der Waals surface area contributed by atoms with E-state index in [1.807, 2.05) is 0 Å². The van der Waals surface area contributed by atoms with E-state index in [0.29, 0.717) is 12.1 Å². The van der Waals surface area contributed by atoms with Gasteiger partial charge in [-0.05, 0) is 6.42 Å². The van der Waals surface area contributed by atoms with Crippen molar-refractivity contribution in [2.75, 3.05) is 6.54 Å². The van der Waals surface area contributed by atoms with Crippen LogP contribution in [0.2, 0.25) is 0 Å². The number of carbonyl (C=O) groups excluding carboxylic acids is 2. The highest BCUT2D eigenvalue weighted by molar-refractivity contribution is 5.87. The first-order valence-electron chi connectivity index (χ1n) is 11.3. The number of aliphatic carboxylic acids is 1. The standard InChI is InChI=1S/C22H38N4O4/c1-2-3-4-5-6-7-8-9-10-11-12-13-20(27)24-16-21(28)26-19(22(29)30)14-18-15-23-17-25-18/h15,17,19H,2-14,16H2,1H3,(H,23,25)(H,24,27)(H,26,28)(H,29,30)/t19-/m0/s1. The molecule has 1 heterocycles. The quantitative estimate of drug-likeness (QED) is 0.270. The Morgan fingerprint density at radius 3 is 2.10 bits per heavy atom. The van der Waals surface area contributed by atoms with Gasteiger partial charge in [0.05, 0.1) is 12.9 Å². The third kappa shape index (κ3) is 13.0. The number of carboxylic acids is 1. The summed E-state index contributed by atoms with van der Waals surface area (Å²) in [5.74, 6) is -1.83. The van der Waals surface area contributed by atoms with Gasteiger partial charge in [0, 0.05) is 24.7 Å². The number of carbonyl (C=O) groups is 3. The topological polar surface area (TPSA) is 124 Å². The van der Waals surface area contributed by atoms with E-state index in [0.717, 1.165) is 19.3 Å². The minimum absolute atomic E-state index is 0.105. The molecule has 1 rings (SSSR count). The number of amides is 2. The van der Waals surface area contributed by atoms with Crippen molar-refractivity contribution in [3.63, 3.8) is 0 Å². The van der Waals surface area contributed by atoms with Gasteiger partial charge in [-0.15, -0.1) is 0 Å². The molecule has 4 N–H and O–H groups in total. The number of H-pyrrole nitrogens is 1. The summed E-state index contributed by atoms with van der Waals surface area (Å²) in [6.07, 6.45) is 16.8. The van der Waals surface area contributed by atoms with Crippen LogP contribution in [0.5, 0.6) is 0 Å². The summed E-state index contributed by atoms with van der Waals surface area (Å²) in [6.45, 7) is 2.01. The molecule has 0 spiro atoms. The van der Waals surface area contributed by atoms with Crippen molar-refractivity contribution in [1.82, 2.24) is 20.6 Å². The van der Waals surface area contributed by atoms with Crippen molar-refractivity contribution in [1.29, 1.82) is 0 Å². The van der Waals surface area contributed by atoms with Crippen LogP contribution in [0.15, 0.2) is 12.5 Å². The number of aromatic amines is 1. The van der Waals surface area contributed by atoms with Gasteiger partial charge >= 0.3 is 5.97 Å². The molecule has 0 saturated carbocycles. The van der Waals surface area contributed by atoms with E-state index in [1.165, 1.54) is 63.9 Å². The van der Waals surface area contributed by atoms with Crippen LogP contribution in [0.1, 0.15) is 89.7 Å². The van der Waals surface area contributed by atoms with Crippen molar-refractivity contribution < 1.29 is 19.5 Å². The lowest BCUT2D eigenvalue weighted by Gasteiger charge is -2.14. The van der Waals surface area contributed by atoms with Crippen LogP contribution in [-0.4, -0.2) is 45.4 Å². The van der Waals surface area contributed by atoms with E-state index in [1.54, 1.807) is 0 Å². The first-order valence-corrected chi connectivity index (χ1v) is 11.3. The van der Waals surface area contributed by atoms with Crippen LogP contribution >= 0.6 is 0 Å². The fourth-order valence-electron chi connectivity index (χ4n) is 3.28. The van der Waals surface area contributed by atoms with E-state index in [-0.39, 0.29) is 18.9 Å². The van der Waals surface area contributed by atoms with Crippen LogP contribution < -0.4 is 10.6 Å². The van der Waals surface area contributed by atoms with Crippen molar-refractivity contribution >= 4 is 17.8 Å². The Bertz CT molecular complexity index is 604. The summed E-state index contributed by atoms with van der Waals surface area (Å²) < 4.78 is 0. The van der Waals surface area contributed by atoms with Crippen molar-refractivity contribution in [3.8, 4) is 0 Å². The average Bonchev–Trinajstić information content (AvgIpc) is 3.23. The molecule has 1 atom stereocenters. The fraction of sp³-hybridized carbons (Fsp3) is 0.727. The number of rotatable bonds is 18. The number of imidazole rings is 1. The molecule has 0 aromatic carbocycles. The zero-order chi connectivity index (χ0) is 22.0. The Labute approximate surface area is 179 Å². The maximum absolute atomic E-state index is 11.9. The van der Waals surface area contributed by atoms with Gasteiger partial charge in [-0.25, -0.2) is 9.78 Å². The highest BCUT2D eigenvalue weighted by atomic mass is 16.4. The summed E-state index contributed by atoms with van der Waals surface area (Å²) in [5.41, 5.74) is 0.614. The molecular formula is C22H38N4O4. The molecule has 30 heavy (non-hydrogen) atoms. The van der Waals surface area contributed by atoms with E-state index < -0.39 is 17.9 Å². The summed E-state index contributed by atoms with van der Waals surface area (Å²) in [6, 6.07) is -1.07. The molecule has 0 aliphatic rings. The van der Waals surface area contributed by atoms with Crippen molar-refractivity contribution in [2.45, 2.75) is 96.4 Å². The number of nitrogens with one attached hydrogen (secondary N) is 3. The normalized spacial score (nSPS) is 11.8. The minimum Gasteiger partial charge on any atom is -0.480 e. The molecule has 8 nitrogen and oxygen atoms in total. The van der Waals surface area contributed by atoms with Gasteiger partial charge in [-0.3, -0.25) is 9.59 Å². The predicted octanol–water partition coefficient (Wildman–Crippen LogP) is 3.34. The Balaban J connectivity index is 2.03. The molecule has 170 valence electrons. The van der Waals surface area contributed by atoms with Crippen molar-refractivity contribution in [3.05, 3.63) is 18.2 Å². The van der Waals surface area contributed by atoms with Gasteiger partial charge in [0.25, 0.3) is 0 Å². The second-order valence-electron chi connectivity index (χ2n) is 7.80. The molecule has 0 aliphatic heterocycles. The van der Waals surface area contributed by atoms with Gasteiger partial charge < -0.3 is 20.7 Å². The largest absolute Gasteiger partial charge is 0.480 e. The van der Waals surface area contributed by atoms with E-state index in [9.17, 15) is 19.5 Å². The smallest absolute Gasteiger partial charge is 0.326 e. The van der Waals surface area contributed by atoms with Gasteiger partial charge in [0.1, 0.15) is 6.04 Å². The predicted molar refractivity (Wildman–Crippen MR) is 116 cm³/mol. The number of hydrogen-bond acceptors (Lipinski definition) is 4. The Morgan fingerprint density at radius 1 is 0.967 bits per heavy atom. The fourth-order valence-corrected chi connectivity index (χ4v) is 3.28. The van der Waals surface area contributed by atoms with E-state index in [4.69, 9.17) is 0 Å². The number of hydrogen-bond donors (Lipinski definition) is 4. The van der Waals surface area contributed by atoms with Crippen LogP contribution in [-0.2, 0) is 20.8 Å². The lowest BCUT2D eigenvalue weighted by Crippen LogP contribution is -2.46. The molecular weight excluding hydrogens is 384 g/mol. The van der Waals surface area contributed by atoms with Gasteiger partial charge in [-0.2, -0.15) is 0 Å². The summed E-state index contributed by atoms with van der Waals surface area (Å²) in [7, 11) is 0. The monoisotopic (exact) mass is 422 g/mol. The zero-order valence-electron chi connectivity index (χ0n) is 18.3. The van der Waals surface area contributed by atoms with Crippen LogP contribution in [0, 0.1) is 0 Å². The molecule has 1 aromatic rings. The van der Waals surface area contributed by atoms with Crippen LogP contribution in [0.3, 0.4) is 0 Å². The Morgan fingerprint density at radius 2 is 1.57 bits per heavy atom. The molecule has 2 amide bonds. The molecule has 0 radical (unpaired) electrons. The van der Waals surface area contributed by atoms with Gasteiger partial charge in [0.2, 0.25) is 11.8 Å². The van der Waals surface area contributed by atoms with Crippen molar-refractivity contribution in [2.24, 2.45) is 0 Å². The minimum atomic E-state index is -1.13. The molecule has 8 heteroatoms. The lowest BCUT2D eigenvalue weighted by molar-refractivity contribution is -0.141. The van der Waals surface area contributed by atoms with E-state index in [2.05, 4.69) is 27.5 Å². The first kappa shape index (κ1) is 25.7. The molecule has 0 saturated heterocycles. The summed E-state index contributed by atoms with van der Waals surface area (Å²) in [5, 5.41) is 14.2. The molecule has 0 bridgehead atoms. The number of carboxylic acid groups (broad SMARTS) is 1. The lowest BCUT2D eigenvalue weighted by atomic mass is 10.1. The third-order valence-corrected chi connectivity index (χ3v) is 5.07. The number of unbranched alkanes of at least 4 members (excludes halogenated alkanes) is 10. The highest BCUT2D eigenvalue weighted by Gasteiger charge is 2.21. The second kappa shape index (κ2) is 16.4. The van der Waals surface area contributed by atoms with Crippen LogP contribution in [0.4, 0.5) is 0 Å². The first-order chi connectivity index (χ1) is 14.5. The van der Waals surface area contributed by atoms with E-state index >= 15 is 0 Å². The SMILES string of the molecule is CCCCCCCCCCCCCC(=O)NCC(=O)N[C@@H](Cc1cnc[nH]1)C(=O)O. The molecule has 0 unspecified atom stereocenters. The summed E-state index contributed by atoms with van der Waals surface area (Å²) in [4.78, 5) is 41.7. The maximum Gasteiger partial charge on any atom is 0.326 e. The molecule has 0 aliphatic carbocycles. The molecule has 0 fully saturated rings. The highest BCUT2D eigenvalue weighted by Crippen LogP contribution is 2.11. The number of nitrogens with zero attached hydrogens (tertiary/aromatic N) is 1. The average molecular weight is 423 g/mol. The van der Waals surface area contributed by atoms with Crippen LogP contribution in [0.25, 0.3) is 0 Å². The molecule has 1 aromatic heterocycles. The number of aromatic nitrogens is 2. The summed E-state index contributed by atoms with van der Waals surface area (Å²) >= 11 is 0. The zero-order valence-corrected chi connectivity index (χ0v) is 18.3.